The molecule has 0 fully saturated rings. The molecule has 0 aliphatic heterocycles. The van der Waals surface area contributed by atoms with Gasteiger partial charge in [0.1, 0.15) is 0 Å². The minimum Gasteiger partial charge on any atom is -0.356 e. The Morgan fingerprint density at radius 3 is 2.22 bits per heavy atom. The highest BCUT2D eigenvalue weighted by molar-refractivity contribution is 5.76. The number of carbonyl (C=O) groups is 2. The van der Waals surface area contributed by atoms with Crippen LogP contribution in [0, 0.1) is 0 Å². The summed E-state index contributed by atoms with van der Waals surface area (Å²) in [5, 5.41) is 5.87. The summed E-state index contributed by atoms with van der Waals surface area (Å²) in [5.41, 5.74) is 0. The van der Waals surface area contributed by atoms with E-state index in [9.17, 15) is 9.59 Å². The largest absolute Gasteiger partial charge is 0.356 e. The van der Waals surface area contributed by atoms with Crippen molar-refractivity contribution in [2.24, 2.45) is 0 Å². The summed E-state index contributed by atoms with van der Waals surface area (Å²) in [6, 6.07) is 0.232. The summed E-state index contributed by atoms with van der Waals surface area (Å²) in [5.74, 6) is 0.281. The second-order valence-electron chi connectivity index (χ2n) is 4.81. The van der Waals surface area contributed by atoms with Crippen LogP contribution in [-0.2, 0) is 9.59 Å². The second-order valence-corrected chi connectivity index (χ2v) is 4.81. The van der Waals surface area contributed by atoms with Crippen LogP contribution in [0.4, 0.5) is 0 Å². The Morgan fingerprint density at radius 2 is 1.61 bits per heavy atom. The summed E-state index contributed by atoms with van der Waals surface area (Å²) in [4.78, 5) is 22.5. The van der Waals surface area contributed by atoms with Gasteiger partial charge in [-0.15, -0.1) is 0 Å². The summed E-state index contributed by atoms with van der Waals surface area (Å²) in [6.07, 6.45) is 5.98. The molecule has 0 saturated carbocycles. The third kappa shape index (κ3) is 10.1. The van der Waals surface area contributed by atoms with Crippen LogP contribution in [0.5, 0.6) is 0 Å². The van der Waals surface area contributed by atoms with Crippen LogP contribution in [0.25, 0.3) is 0 Å². The van der Waals surface area contributed by atoms with Crippen LogP contribution in [0.15, 0.2) is 0 Å². The van der Waals surface area contributed by atoms with Gasteiger partial charge >= 0.3 is 0 Å². The molecule has 0 aromatic heterocycles. The monoisotopic (exact) mass is 256 g/mol. The third-order valence-corrected chi connectivity index (χ3v) is 2.75. The molecule has 0 bridgehead atoms. The van der Waals surface area contributed by atoms with Gasteiger partial charge in [-0.25, -0.2) is 0 Å². The Hall–Kier alpha value is -1.06. The molecule has 0 aliphatic carbocycles. The van der Waals surface area contributed by atoms with Gasteiger partial charge < -0.3 is 10.6 Å². The van der Waals surface area contributed by atoms with E-state index in [1.54, 1.807) is 0 Å². The number of unbranched alkanes of at least 4 members (excludes halogenated alkanes) is 1. The highest BCUT2D eigenvalue weighted by Crippen LogP contribution is 2.01. The van der Waals surface area contributed by atoms with Crippen molar-refractivity contribution in [2.75, 3.05) is 6.54 Å². The SMILES string of the molecule is CCCC(=O)NCCCC[C@@H](C)NC(=O)CCC. The number of amides is 2. The molecule has 0 aliphatic rings. The molecule has 2 N–H and O–H groups in total. The van der Waals surface area contributed by atoms with Crippen molar-refractivity contribution >= 4 is 11.8 Å². The molecule has 4 heteroatoms. The number of nitrogens with one attached hydrogen (secondary N) is 2. The van der Waals surface area contributed by atoms with Gasteiger partial charge in [0.25, 0.3) is 0 Å². The normalized spacial score (nSPS) is 11.9. The molecule has 2 amide bonds. The minimum atomic E-state index is 0.140. The first-order valence-electron chi connectivity index (χ1n) is 7.16. The summed E-state index contributed by atoms with van der Waals surface area (Å²) >= 11 is 0. The Morgan fingerprint density at radius 1 is 1.00 bits per heavy atom. The lowest BCUT2D eigenvalue weighted by atomic mass is 10.1. The van der Waals surface area contributed by atoms with E-state index >= 15 is 0 Å². The van der Waals surface area contributed by atoms with Gasteiger partial charge in [0.15, 0.2) is 0 Å². The average Bonchev–Trinajstić information content (AvgIpc) is 2.29. The second kappa shape index (κ2) is 11.1. The zero-order valence-corrected chi connectivity index (χ0v) is 12.1. The van der Waals surface area contributed by atoms with Gasteiger partial charge in [0.2, 0.25) is 11.8 Å². The lowest BCUT2D eigenvalue weighted by molar-refractivity contribution is -0.122. The van der Waals surface area contributed by atoms with Crippen molar-refractivity contribution < 1.29 is 9.59 Å². The Labute approximate surface area is 111 Å². The predicted molar refractivity (Wildman–Crippen MR) is 74.3 cm³/mol. The molecule has 0 saturated heterocycles. The van der Waals surface area contributed by atoms with E-state index in [0.29, 0.717) is 12.8 Å². The number of rotatable bonds is 10. The highest BCUT2D eigenvalue weighted by Gasteiger charge is 2.05. The van der Waals surface area contributed by atoms with Crippen LogP contribution in [-0.4, -0.2) is 24.4 Å². The zero-order chi connectivity index (χ0) is 13.8. The fraction of sp³-hybridized carbons (Fsp3) is 0.857. The first-order valence-corrected chi connectivity index (χ1v) is 7.16. The molecule has 0 unspecified atom stereocenters. The Bertz CT molecular complexity index is 242. The number of hydrogen-bond donors (Lipinski definition) is 2. The smallest absolute Gasteiger partial charge is 0.220 e. The molecule has 106 valence electrons. The molecular weight excluding hydrogens is 228 g/mol. The molecule has 4 nitrogen and oxygen atoms in total. The average molecular weight is 256 g/mol. The predicted octanol–water partition coefficient (Wildman–Crippen LogP) is 2.38. The van der Waals surface area contributed by atoms with Crippen molar-refractivity contribution in [2.45, 2.75) is 71.8 Å². The van der Waals surface area contributed by atoms with Crippen molar-refractivity contribution in [1.29, 1.82) is 0 Å². The van der Waals surface area contributed by atoms with Crippen LogP contribution in [0.2, 0.25) is 0 Å². The number of carbonyl (C=O) groups excluding carboxylic acids is 2. The van der Waals surface area contributed by atoms with Crippen molar-refractivity contribution in [3.8, 4) is 0 Å². The Balaban J connectivity index is 3.43. The molecule has 0 aromatic carbocycles. The first-order chi connectivity index (χ1) is 8.60. The van der Waals surface area contributed by atoms with E-state index in [1.807, 2.05) is 20.8 Å². The lowest BCUT2D eigenvalue weighted by Crippen LogP contribution is -2.32. The van der Waals surface area contributed by atoms with Gasteiger partial charge in [0, 0.05) is 25.4 Å². The van der Waals surface area contributed by atoms with Gasteiger partial charge in [-0.1, -0.05) is 13.8 Å². The molecular formula is C14H28N2O2. The van der Waals surface area contributed by atoms with Gasteiger partial charge in [-0.3, -0.25) is 9.59 Å². The molecule has 0 rings (SSSR count). The molecule has 0 spiro atoms. The van der Waals surface area contributed by atoms with Crippen LogP contribution >= 0.6 is 0 Å². The lowest BCUT2D eigenvalue weighted by Gasteiger charge is -2.13. The summed E-state index contributed by atoms with van der Waals surface area (Å²) < 4.78 is 0. The summed E-state index contributed by atoms with van der Waals surface area (Å²) in [7, 11) is 0. The Kier molecular flexibility index (Phi) is 10.4. The quantitative estimate of drug-likeness (QED) is 0.590. The fourth-order valence-corrected chi connectivity index (χ4v) is 1.77. The standard InChI is InChI=1S/C14H28N2O2/c1-4-8-13(17)15-11-7-6-10-12(3)16-14(18)9-5-2/h12H,4-11H2,1-3H3,(H,15,17)(H,16,18)/t12-/m1/s1. The molecule has 0 aromatic rings. The van der Waals surface area contributed by atoms with E-state index in [-0.39, 0.29) is 17.9 Å². The van der Waals surface area contributed by atoms with Gasteiger partial charge in [0.05, 0.1) is 0 Å². The first kappa shape index (κ1) is 16.9. The van der Waals surface area contributed by atoms with Crippen LogP contribution < -0.4 is 10.6 Å². The molecule has 1 atom stereocenters. The molecule has 18 heavy (non-hydrogen) atoms. The van der Waals surface area contributed by atoms with Gasteiger partial charge in [-0.2, -0.15) is 0 Å². The van der Waals surface area contributed by atoms with Crippen molar-refractivity contribution in [3.05, 3.63) is 0 Å². The van der Waals surface area contributed by atoms with E-state index in [2.05, 4.69) is 10.6 Å². The zero-order valence-electron chi connectivity index (χ0n) is 12.1. The van der Waals surface area contributed by atoms with Crippen molar-refractivity contribution in [1.82, 2.24) is 10.6 Å². The maximum Gasteiger partial charge on any atom is 0.220 e. The molecule has 0 heterocycles. The summed E-state index contributed by atoms with van der Waals surface area (Å²) in [6.45, 7) is 6.78. The van der Waals surface area contributed by atoms with E-state index in [0.717, 1.165) is 38.6 Å². The highest BCUT2D eigenvalue weighted by atomic mass is 16.2. The third-order valence-electron chi connectivity index (χ3n) is 2.75. The van der Waals surface area contributed by atoms with Gasteiger partial charge in [-0.05, 0) is 39.0 Å². The maximum atomic E-state index is 11.3. The number of hydrogen-bond acceptors (Lipinski definition) is 2. The molecule has 0 radical (unpaired) electrons. The van der Waals surface area contributed by atoms with E-state index in [4.69, 9.17) is 0 Å². The van der Waals surface area contributed by atoms with Crippen molar-refractivity contribution in [3.63, 3.8) is 0 Å². The van der Waals surface area contributed by atoms with Crippen LogP contribution in [0.3, 0.4) is 0 Å². The minimum absolute atomic E-state index is 0.140. The van der Waals surface area contributed by atoms with E-state index < -0.39 is 0 Å². The van der Waals surface area contributed by atoms with Crippen LogP contribution in [0.1, 0.15) is 65.7 Å². The van der Waals surface area contributed by atoms with E-state index in [1.165, 1.54) is 0 Å². The fourth-order valence-electron chi connectivity index (χ4n) is 1.77. The maximum absolute atomic E-state index is 11.3. The topological polar surface area (TPSA) is 58.2 Å².